The summed E-state index contributed by atoms with van der Waals surface area (Å²) in [7, 11) is -0.826. The molecule has 2 rings (SSSR count). The average Bonchev–Trinajstić information content (AvgIpc) is 2.06. The second-order valence-corrected chi connectivity index (χ2v) is 5.02. The quantitative estimate of drug-likeness (QED) is 0.508. The van der Waals surface area contributed by atoms with Crippen LogP contribution in [-0.4, -0.2) is 19.9 Å². The predicted octanol–water partition coefficient (Wildman–Crippen LogP) is 1.59. The lowest BCUT2D eigenvalue weighted by Crippen LogP contribution is -2.16. The molecule has 1 aromatic heterocycles. The first kappa shape index (κ1) is 9.37. The smallest absolute Gasteiger partial charge is 0.224 e. The maximum atomic E-state index is 11.2. The molecule has 1 aliphatic heterocycles. The molecule has 0 spiro atoms. The van der Waals surface area contributed by atoms with Crippen molar-refractivity contribution < 1.29 is 4.21 Å². The highest BCUT2D eigenvalue weighted by Crippen LogP contribution is 2.24. The van der Waals surface area contributed by atoms with Crippen molar-refractivity contribution in [3.63, 3.8) is 0 Å². The zero-order valence-electron chi connectivity index (χ0n) is 6.59. The molecule has 2 heterocycles. The first-order valence-electron chi connectivity index (χ1n) is 3.72. The van der Waals surface area contributed by atoms with E-state index in [9.17, 15) is 4.21 Å². The van der Waals surface area contributed by atoms with Crippen molar-refractivity contribution in [3.05, 3.63) is 21.7 Å². The van der Waals surface area contributed by atoms with E-state index in [1.54, 1.807) is 0 Å². The highest BCUT2D eigenvalue weighted by Gasteiger charge is 2.19. The number of halogens is 2. The van der Waals surface area contributed by atoms with Crippen LogP contribution in [0.3, 0.4) is 0 Å². The van der Waals surface area contributed by atoms with Gasteiger partial charge in [-0.2, -0.15) is 0 Å². The van der Waals surface area contributed by atoms with Crippen LogP contribution < -0.4 is 0 Å². The maximum absolute atomic E-state index is 11.2. The second kappa shape index (κ2) is 3.52. The van der Waals surface area contributed by atoms with E-state index < -0.39 is 10.8 Å². The van der Waals surface area contributed by atoms with Crippen molar-refractivity contribution in [2.75, 3.05) is 5.75 Å². The Morgan fingerprint density at radius 3 is 2.85 bits per heavy atom. The number of aryl methyl sites for hydroxylation is 1. The predicted molar refractivity (Wildman–Crippen MR) is 52.5 cm³/mol. The van der Waals surface area contributed by atoms with E-state index in [1.807, 2.05) is 0 Å². The van der Waals surface area contributed by atoms with Gasteiger partial charge in [0.05, 0.1) is 11.4 Å². The molecule has 1 aliphatic rings. The number of aromatic nitrogens is 2. The Morgan fingerprint density at radius 2 is 2.08 bits per heavy atom. The van der Waals surface area contributed by atoms with Crippen LogP contribution in [-0.2, 0) is 23.0 Å². The maximum Gasteiger partial charge on any atom is 0.224 e. The highest BCUT2D eigenvalue weighted by molar-refractivity contribution is 7.84. The topological polar surface area (TPSA) is 42.9 Å². The van der Waals surface area contributed by atoms with Crippen LogP contribution >= 0.6 is 23.2 Å². The fourth-order valence-electron chi connectivity index (χ4n) is 1.26. The summed E-state index contributed by atoms with van der Waals surface area (Å²) in [6, 6.07) is 0. The molecule has 3 nitrogen and oxygen atoms in total. The van der Waals surface area contributed by atoms with Crippen LogP contribution in [0, 0.1) is 0 Å². The molecule has 0 aliphatic carbocycles. The summed E-state index contributed by atoms with van der Waals surface area (Å²) in [4.78, 5) is 7.85. The lowest BCUT2D eigenvalue weighted by Gasteiger charge is -2.14. The number of nitrogens with zero attached hydrogens (tertiary/aromatic N) is 2. The molecule has 0 bridgehead atoms. The van der Waals surface area contributed by atoms with Gasteiger partial charge in [0.2, 0.25) is 5.28 Å². The van der Waals surface area contributed by atoms with Gasteiger partial charge in [0, 0.05) is 28.5 Å². The molecule has 0 N–H and O–H groups in total. The Bertz CT molecular complexity index is 383. The minimum Gasteiger partial charge on any atom is -0.259 e. The van der Waals surface area contributed by atoms with E-state index in [0.29, 0.717) is 23.1 Å². The van der Waals surface area contributed by atoms with Crippen molar-refractivity contribution in [1.29, 1.82) is 0 Å². The van der Waals surface area contributed by atoms with E-state index >= 15 is 0 Å². The fraction of sp³-hybridized carbons (Fsp3) is 0.429. The van der Waals surface area contributed by atoms with Gasteiger partial charge in [0.25, 0.3) is 0 Å². The minimum atomic E-state index is -0.826. The molecule has 0 aromatic carbocycles. The third-order valence-electron chi connectivity index (χ3n) is 1.89. The van der Waals surface area contributed by atoms with Gasteiger partial charge in [-0.1, -0.05) is 11.6 Å². The third kappa shape index (κ3) is 1.85. The van der Waals surface area contributed by atoms with Crippen molar-refractivity contribution in [2.24, 2.45) is 0 Å². The van der Waals surface area contributed by atoms with Crippen LogP contribution in [0.4, 0.5) is 0 Å². The normalized spacial score (nSPS) is 21.2. The van der Waals surface area contributed by atoms with Crippen LogP contribution in [0.2, 0.25) is 10.4 Å². The molecule has 0 radical (unpaired) electrons. The van der Waals surface area contributed by atoms with Gasteiger partial charge in [-0.25, -0.2) is 9.97 Å². The Balaban J connectivity index is 2.53. The van der Waals surface area contributed by atoms with Crippen LogP contribution in [0.25, 0.3) is 0 Å². The van der Waals surface area contributed by atoms with Crippen LogP contribution in [0.15, 0.2) is 0 Å². The number of rotatable bonds is 0. The standard InChI is InChI=1S/C7H6Cl2N2OS/c8-6-4-3-13(12)2-1-5(4)10-7(9)11-6/h1-3H2/t13-/m1/s1. The number of hydrogen-bond acceptors (Lipinski definition) is 3. The summed E-state index contributed by atoms with van der Waals surface area (Å²) in [5.41, 5.74) is 1.63. The Morgan fingerprint density at radius 1 is 1.31 bits per heavy atom. The van der Waals surface area contributed by atoms with Crippen molar-refractivity contribution in [2.45, 2.75) is 12.2 Å². The molecular formula is C7H6Cl2N2OS. The van der Waals surface area contributed by atoms with Gasteiger partial charge in [-0.3, -0.25) is 4.21 Å². The first-order valence-corrected chi connectivity index (χ1v) is 5.97. The SMILES string of the molecule is O=[S@@]1CCc2nc(Cl)nc(Cl)c2C1. The van der Waals surface area contributed by atoms with Crippen LogP contribution in [0.5, 0.6) is 0 Å². The molecule has 0 amide bonds. The molecule has 0 unspecified atom stereocenters. The summed E-state index contributed by atoms with van der Waals surface area (Å²) in [6.07, 6.45) is 0.671. The Labute approximate surface area is 87.9 Å². The minimum absolute atomic E-state index is 0.163. The van der Waals surface area contributed by atoms with Crippen LogP contribution in [0.1, 0.15) is 11.3 Å². The van der Waals surface area contributed by atoms with Gasteiger partial charge in [0.15, 0.2) is 0 Å². The van der Waals surface area contributed by atoms with Gasteiger partial charge in [-0.05, 0) is 11.6 Å². The fourth-order valence-corrected chi connectivity index (χ4v) is 3.02. The lowest BCUT2D eigenvalue weighted by molar-refractivity contribution is 0.678. The zero-order chi connectivity index (χ0) is 9.42. The zero-order valence-corrected chi connectivity index (χ0v) is 8.92. The van der Waals surface area contributed by atoms with Gasteiger partial charge in [0.1, 0.15) is 5.15 Å². The van der Waals surface area contributed by atoms with Crippen molar-refractivity contribution >= 4 is 34.0 Å². The van der Waals surface area contributed by atoms with E-state index in [4.69, 9.17) is 23.2 Å². The van der Waals surface area contributed by atoms with Gasteiger partial charge >= 0.3 is 0 Å². The molecular weight excluding hydrogens is 231 g/mol. The van der Waals surface area contributed by atoms with E-state index in [1.165, 1.54) is 0 Å². The van der Waals surface area contributed by atoms with E-state index in [0.717, 1.165) is 11.3 Å². The molecule has 0 saturated heterocycles. The summed E-state index contributed by atoms with van der Waals surface area (Å²) in [5.74, 6) is 1.09. The van der Waals surface area contributed by atoms with Crippen molar-refractivity contribution in [3.8, 4) is 0 Å². The Kier molecular flexibility index (Phi) is 2.53. The summed E-state index contributed by atoms with van der Waals surface area (Å²) in [6.45, 7) is 0. The van der Waals surface area contributed by atoms with Gasteiger partial charge < -0.3 is 0 Å². The summed E-state index contributed by atoms with van der Waals surface area (Å²) in [5, 5.41) is 0.500. The molecule has 0 saturated carbocycles. The van der Waals surface area contributed by atoms with Gasteiger partial charge in [-0.15, -0.1) is 0 Å². The van der Waals surface area contributed by atoms with E-state index in [-0.39, 0.29) is 5.28 Å². The summed E-state index contributed by atoms with van der Waals surface area (Å²) < 4.78 is 11.2. The molecule has 70 valence electrons. The van der Waals surface area contributed by atoms with Crippen molar-refractivity contribution in [1.82, 2.24) is 9.97 Å². The lowest BCUT2D eigenvalue weighted by atomic mass is 10.2. The number of hydrogen-bond donors (Lipinski definition) is 0. The molecule has 13 heavy (non-hydrogen) atoms. The molecule has 1 atom stereocenters. The third-order valence-corrected chi connectivity index (χ3v) is 3.64. The Hall–Kier alpha value is -0.190. The van der Waals surface area contributed by atoms with E-state index in [2.05, 4.69) is 9.97 Å². The largest absolute Gasteiger partial charge is 0.259 e. The second-order valence-electron chi connectivity index (χ2n) is 2.75. The highest BCUT2D eigenvalue weighted by atomic mass is 35.5. The molecule has 0 fully saturated rings. The number of fused-ring (bicyclic) bond motifs is 1. The monoisotopic (exact) mass is 236 g/mol. The average molecular weight is 237 g/mol. The summed E-state index contributed by atoms with van der Waals surface area (Å²) >= 11 is 11.5. The first-order chi connectivity index (χ1) is 6.16. The molecule has 6 heteroatoms. The molecule has 1 aromatic rings.